The highest BCUT2D eigenvalue weighted by Gasteiger charge is 2.35. The lowest BCUT2D eigenvalue weighted by molar-refractivity contribution is 0.669. The zero-order chi connectivity index (χ0) is 84.5. The molecule has 0 aliphatic heterocycles. The maximum absolute atomic E-state index is 8.52. The summed E-state index contributed by atoms with van der Waals surface area (Å²) in [5, 5.41) is 10.2. The van der Waals surface area contributed by atoms with Crippen LogP contribution in [0.2, 0.25) is 0 Å². The monoisotopic (exact) mass is 1640 g/mol. The Balaban J connectivity index is 0.865. The van der Waals surface area contributed by atoms with Crippen molar-refractivity contribution in [2.24, 2.45) is 0 Å². The molecule has 0 unspecified atom stereocenters. The van der Waals surface area contributed by atoms with Crippen LogP contribution in [0, 0.1) is 0 Å². The van der Waals surface area contributed by atoms with Crippen LogP contribution < -0.4 is 29.4 Å². The Bertz CT molecular complexity index is 8060. The average Bonchev–Trinajstić information content (AvgIpc) is 1.52. The Morgan fingerprint density at radius 2 is 0.492 bits per heavy atom. The van der Waals surface area contributed by atoms with Gasteiger partial charge in [0.05, 0.1) is 61.3 Å². The van der Waals surface area contributed by atoms with Crippen LogP contribution in [0.15, 0.2) is 494 Å². The topological polar surface area (TPSA) is 55.6 Å². The lowest BCUT2D eigenvalue weighted by Gasteiger charge is -2.30. The van der Waals surface area contributed by atoms with Crippen molar-refractivity contribution < 1.29 is 8.83 Å². The number of rotatable bonds is 20. The predicted molar refractivity (Wildman–Crippen MR) is 535 cm³/mol. The van der Waals surface area contributed by atoms with Crippen LogP contribution in [0.4, 0.5) is 102 Å². The third-order valence-corrected chi connectivity index (χ3v) is 24.9. The van der Waals surface area contributed by atoms with Crippen LogP contribution in [0.5, 0.6) is 0 Å². The van der Waals surface area contributed by atoms with Gasteiger partial charge in [0.2, 0.25) is 0 Å². The van der Waals surface area contributed by atoms with Crippen LogP contribution in [0.3, 0.4) is 0 Å². The fraction of sp³-hybridized carbons (Fsp3) is 0. The second kappa shape index (κ2) is 31.5. The van der Waals surface area contributed by atoms with Gasteiger partial charge in [0, 0.05) is 123 Å². The summed E-state index contributed by atoms with van der Waals surface area (Å²) < 4.78 is 20.0. The molecule has 0 saturated carbocycles. The van der Waals surface area contributed by atoms with Gasteiger partial charge in [-0.2, -0.15) is 0 Å². The maximum atomic E-state index is 8.52. The first kappa shape index (κ1) is 74.5. The molecule has 0 saturated heterocycles. The van der Waals surface area contributed by atoms with E-state index in [2.05, 4.69) is 512 Å². The fourth-order valence-corrected chi connectivity index (χ4v) is 19.4. The molecule has 0 spiro atoms. The van der Waals surface area contributed by atoms with Crippen LogP contribution in [0.1, 0.15) is 0 Å². The first-order valence-corrected chi connectivity index (χ1v) is 43.5. The second-order valence-corrected chi connectivity index (χ2v) is 32.3. The number of benzene rings is 20. The van der Waals surface area contributed by atoms with E-state index in [-0.39, 0.29) is 0 Å². The SMILES string of the molecule is c1ccc(N(c2ccc(-n3c4cc(N(c5ccccc5)c5ccccc5)cc(N(c5ccccc5)c5ccccc5)c4c4c5oc6c(cc(N(c7ccccc7)c7ccccc7)c7c6c6ccccc6n7-c6ccc(N(c7ccccc7)c7cccc8ccccc78)cc6)c5cc(N(c5ccccc5)c5ccccc5)c43)cc2)c2ccc3oc4ccccc4c3c2)cc1. The minimum atomic E-state index is 0.718. The van der Waals surface area contributed by atoms with Gasteiger partial charge in [-0.25, -0.2) is 0 Å². The predicted octanol–water partition coefficient (Wildman–Crippen LogP) is 33.7. The molecule has 0 N–H and O–H groups in total. The molecule has 20 aromatic carbocycles. The quantitative estimate of drug-likeness (QED) is 0.0748. The molecule has 24 rings (SSSR count). The highest BCUT2D eigenvalue weighted by molar-refractivity contribution is 6.35. The van der Waals surface area contributed by atoms with Crippen molar-refractivity contribution in [3.05, 3.63) is 485 Å². The summed E-state index contributed by atoms with van der Waals surface area (Å²) in [6.07, 6.45) is 0. The van der Waals surface area contributed by atoms with Crippen molar-refractivity contribution in [1.82, 2.24) is 9.13 Å². The Hall–Kier alpha value is -17.3. The minimum Gasteiger partial charge on any atom is -0.456 e. The van der Waals surface area contributed by atoms with Gasteiger partial charge in [-0.3, -0.25) is 0 Å². The van der Waals surface area contributed by atoms with Gasteiger partial charge < -0.3 is 47.4 Å². The Labute approximate surface area is 739 Å². The largest absolute Gasteiger partial charge is 0.456 e. The van der Waals surface area contributed by atoms with Gasteiger partial charge >= 0.3 is 0 Å². The van der Waals surface area contributed by atoms with E-state index in [4.69, 9.17) is 8.83 Å². The van der Waals surface area contributed by atoms with Crippen molar-refractivity contribution in [1.29, 1.82) is 0 Å². The summed E-state index contributed by atoms with van der Waals surface area (Å²) in [4.78, 5) is 14.5. The third-order valence-electron chi connectivity index (χ3n) is 24.9. The average molecular weight is 1640 g/mol. The van der Waals surface area contributed by atoms with E-state index in [9.17, 15) is 0 Å². The zero-order valence-electron chi connectivity index (χ0n) is 69.6. The van der Waals surface area contributed by atoms with Crippen LogP contribution >= 0.6 is 0 Å². The first-order valence-electron chi connectivity index (χ1n) is 43.5. The summed E-state index contributed by atoms with van der Waals surface area (Å²) in [5.41, 5.74) is 26.6. The number of furan rings is 2. The van der Waals surface area contributed by atoms with E-state index in [1.54, 1.807) is 0 Å². The molecule has 24 aromatic rings. The molecule has 0 bridgehead atoms. The molecule has 0 fully saturated rings. The van der Waals surface area contributed by atoms with E-state index < -0.39 is 0 Å². The van der Waals surface area contributed by atoms with Crippen LogP contribution in [-0.4, -0.2) is 9.13 Å². The fourth-order valence-electron chi connectivity index (χ4n) is 19.4. The smallest absolute Gasteiger partial charge is 0.145 e. The summed E-state index contributed by atoms with van der Waals surface area (Å²) in [6, 6.07) is 175. The van der Waals surface area contributed by atoms with Gasteiger partial charge in [0.15, 0.2) is 0 Å². The summed E-state index contributed by atoms with van der Waals surface area (Å²) in [6.45, 7) is 0. The summed E-state index contributed by atoms with van der Waals surface area (Å²) >= 11 is 0. The molecule has 0 aliphatic carbocycles. The molecule has 10 heteroatoms. The maximum Gasteiger partial charge on any atom is 0.145 e. The molecule has 0 radical (unpaired) electrons. The van der Waals surface area contributed by atoms with E-state index in [1.807, 2.05) is 12.1 Å². The molecular weight excluding hydrogens is 1560 g/mol. The van der Waals surface area contributed by atoms with E-state index in [1.165, 1.54) is 5.39 Å². The van der Waals surface area contributed by atoms with Gasteiger partial charge in [0.25, 0.3) is 0 Å². The first-order chi connectivity index (χ1) is 63.6. The van der Waals surface area contributed by atoms with E-state index in [0.717, 1.165) is 207 Å². The lowest BCUT2D eigenvalue weighted by Crippen LogP contribution is -2.14. The summed E-state index contributed by atoms with van der Waals surface area (Å²) in [7, 11) is 0. The second-order valence-electron chi connectivity index (χ2n) is 32.3. The number of hydrogen-bond acceptors (Lipinski definition) is 8. The molecule has 0 aliphatic rings. The molecule has 4 heterocycles. The third kappa shape index (κ3) is 12.7. The van der Waals surface area contributed by atoms with E-state index >= 15 is 0 Å². The number of hydrogen-bond donors (Lipinski definition) is 0. The highest BCUT2D eigenvalue weighted by Crippen LogP contribution is 2.58. The van der Waals surface area contributed by atoms with Gasteiger partial charge in [-0.15, -0.1) is 0 Å². The number of para-hydroxylation sites is 12. The number of anilines is 18. The van der Waals surface area contributed by atoms with Crippen molar-refractivity contribution in [2.75, 3.05) is 29.4 Å². The molecule has 10 nitrogen and oxygen atoms in total. The zero-order valence-corrected chi connectivity index (χ0v) is 69.6. The van der Waals surface area contributed by atoms with Crippen molar-refractivity contribution in [3.8, 4) is 11.4 Å². The molecular formula is C118H80N8O2. The number of nitrogens with zero attached hydrogens (tertiary/aromatic N) is 8. The van der Waals surface area contributed by atoms with E-state index in [0.29, 0.717) is 0 Å². The molecule has 128 heavy (non-hydrogen) atoms. The molecule has 604 valence electrons. The Kier molecular flexibility index (Phi) is 18.3. The van der Waals surface area contributed by atoms with Gasteiger partial charge in [-0.05, 0) is 236 Å². The molecule has 0 atom stereocenters. The van der Waals surface area contributed by atoms with Crippen LogP contribution in [-0.2, 0) is 0 Å². The molecule has 0 amide bonds. The highest BCUT2D eigenvalue weighted by atomic mass is 16.3. The van der Waals surface area contributed by atoms with Gasteiger partial charge in [0.1, 0.15) is 22.3 Å². The van der Waals surface area contributed by atoms with Crippen LogP contribution in [0.25, 0.3) is 110 Å². The minimum absolute atomic E-state index is 0.718. The Morgan fingerprint density at radius 3 is 0.961 bits per heavy atom. The number of fused-ring (bicyclic) bond motifs is 15. The standard InChI is InChI=1S/C118H80N8O2/c1-11-40-82(41-12-1)119(96-74-75-111-101(76-96)99-61-34-36-65-110(99)127-111)92-66-70-95(71-67-92)126-107-78-97(120(83-42-13-2-14-43-83)84-44-15-3-16-45-84)77-106(122(86-48-19-5-20-49-86)87-50-21-6-22-51-87)113(107)114-116(126)109(124(90-56-27-9-28-57-90)91-58-29-10-30-59-91)80-103-102-79-108(123(88-52-23-7-24-53-88)89-54-25-8-26-55-89)115-112(117(102)128-118(103)114)100-62-33-35-63-105(100)125(115)94-72-68-93(69-73-94)121(85-46-17-4-18-47-85)104-64-37-39-81-38-31-32-60-98(81)104/h1-80H. The Morgan fingerprint density at radius 1 is 0.164 bits per heavy atom. The summed E-state index contributed by atoms with van der Waals surface area (Å²) in [5.74, 6) is 0. The number of aromatic nitrogens is 2. The van der Waals surface area contributed by atoms with Gasteiger partial charge in [-0.1, -0.05) is 255 Å². The normalized spacial score (nSPS) is 11.6. The molecule has 4 aromatic heterocycles. The van der Waals surface area contributed by atoms with Crippen molar-refractivity contribution in [2.45, 2.75) is 0 Å². The lowest BCUT2D eigenvalue weighted by atomic mass is 10.0. The van der Waals surface area contributed by atoms with Crippen molar-refractivity contribution >= 4 is 201 Å². The van der Waals surface area contributed by atoms with Crippen molar-refractivity contribution in [3.63, 3.8) is 0 Å².